The van der Waals surface area contributed by atoms with Crippen LogP contribution in [0.15, 0.2) is 15.9 Å². The van der Waals surface area contributed by atoms with Crippen LogP contribution in [0.1, 0.15) is 6.42 Å². The Bertz CT molecular complexity index is 925. The first-order valence-electron chi connectivity index (χ1n) is 6.97. The van der Waals surface area contributed by atoms with Crippen molar-refractivity contribution >= 4 is 33.9 Å². The zero-order chi connectivity index (χ0) is 16.7. The normalized spacial score (nSPS) is 17.8. The third-order valence-corrected chi connectivity index (χ3v) is 4.81. The molecule has 1 atom stereocenters. The number of nitrogens with one attached hydrogen (secondary N) is 1. The highest BCUT2D eigenvalue weighted by Crippen LogP contribution is 2.19. The van der Waals surface area contributed by atoms with Crippen molar-refractivity contribution < 1.29 is 9.59 Å². The number of amides is 1. The van der Waals surface area contributed by atoms with Gasteiger partial charge in [-0.05, 0) is 6.42 Å². The van der Waals surface area contributed by atoms with Crippen LogP contribution in [0.4, 0.5) is 0 Å². The second-order valence-corrected chi connectivity index (χ2v) is 6.43. The summed E-state index contributed by atoms with van der Waals surface area (Å²) in [5.41, 5.74) is -0.595. The highest BCUT2D eigenvalue weighted by atomic mass is 32.2. The fourth-order valence-electron chi connectivity index (χ4n) is 2.54. The fourth-order valence-corrected chi connectivity index (χ4v) is 3.47. The predicted molar refractivity (Wildman–Crippen MR) is 84.2 cm³/mol. The molecule has 122 valence electrons. The van der Waals surface area contributed by atoms with Crippen LogP contribution in [0.5, 0.6) is 0 Å². The van der Waals surface area contributed by atoms with E-state index in [0.29, 0.717) is 12.2 Å². The molecule has 1 aliphatic heterocycles. The van der Waals surface area contributed by atoms with Crippen LogP contribution in [-0.4, -0.2) is 41.5 Å². The summed E-state index contributed by atoms with van der Waals surface area (Å²) in [5.74, 6) is 0.321. The van der Waals surface area contributed by atoms with Gasteiger partial charge in [0.25, 0.3) is 5.56 Å². The van der Waals surface area contributed by atoms with E-state index < -0.39 is 17.3 Å². The Kier molecular flexibility index (Phi) is 3.84. The number of nitrogens with zero attached hydrogens (tertiary/aromatic N) is 4. The summed E-state index contributed by atoms with van der Waals surface area (Å²) < 4.78 is 3.61. The monoisotopic (exact) mass is 337 g/mol. The number of thioether (sulfide) groups is 1. The van der Waals surface area contributed by atoms with Gasteiger partial charge in [0.05, 0.1) is 12.4 Å². The van der Waals surface area contributed by atoms with E-state index in [9.17, 15) is 19.2 Å². The Morgan fingerprint density at radius 2 is 2.09 bits per heavy atom. The highest BCUT2D eigenvalue weighted by molar-refractivity contribution is 8.14. The molecule has 0 saturated carbocycles. The van der Waals surface area contributed by atoms with E-state index in [-0.39, 0.29) is 28.7 Å². The average Bonchev–Trinajstić information content (AvgIpc) is 3.10. The summed E-state index contributed by atoms with van der Waals surface area (Å²) in [4.78, 5) is 51.8. The molecule has 3 rings (SSSR count). The fraction of sp³-hybridized carbons (Fsp3) is 0.462. The molecule has 0 bridgehead atoms. The maximum atomic E-state index is 12.3. The van der Waals surface area contributed by atoms with Gasteiger partial charge in [-0.2, -0.15) is 0 Å². The number of aromatic nitrogens is 4. The molecule has 1 aliphatic rings. The molecule has 1 fully saturated rings. The molecule has 0 aromatic carbocycles. The number of carbonyl (C=O) groups excluding carboxylic acids is 2. The van der Waals surface area contributed by atoms with Gasteiger partial charge < -0.3 is 9.88 Å². The van der Waals surface area contributed by atoms with E-state index in [0.717, 1.165) is 4.57 Å². The topological polar surface area (TPSA) is 108 Å². The van der Waals surface area contributed by atoms with Crippen molar-refractivity contribution in [2.45, 2.75) is 19.0 Å². The molecular weight excluding hydrogens is 322 g/mol. The van der Waals surface area contributed by atoms with Crippen LogP contribution >= 0.6 is 11.8 Å². The van der Waals surface area contributed by atoms with Gasteiger partial charge in [-0.1, -0.05) is 11.8 Å². The van der Waals surface area contributed by atoms with Gasteiger partial charge in [0.1, 0.15) is 6.54 Å². The van der Waals surface area contributed by atoms with Gasteiger partial charge in [0.15, 0.2) is 11.2 Å². The van der Waals surface area contributed by atoms with Gasteiger partial charge in [0.2, 0.25) is 11.0 Å². The van der Waals surface area contributed by atoms with E-state index in [1.165, 1.54) is 41.3 Å². The second-order valence-electron chi connectivity index (χ2n) is 5.33. The zero-order valence-corrected chi connectivity index (χ0v) is 13.4. The number of rotatable bonds is 3. The van der Waals surface area contributed by atoms with E-state index in [1.807, 2.05) is 0 Å². The molecule has 3 heterocycles. The lowest BCUT2D eigenvalue weighted by Crippen LogP contribution is -2.40. The van der Waals surface area contributed by atoms with Crippen molar-refractivity contribution in [2.24, 2.45) is 14.1 Å². The molecule has 0 aliphatic carbocycles. The molecule has 9 nitrogen and oxygen atoms in total. The first-order chi connectivity index (χ1) is 10.9. The Balaban J connectivity index is 1.92. The Hall–Kier alpha value is -2.36. The Labute approximate surface area is 134 Å². The lowest BCUT2D eigenvalue weighted by Gasteiger charge is -2.11. The molecule has 1 saturated heterocycles. The van der Waals surface area contributed by atoms with Crippen molar-refractivity contribution in [3.63, 3.8) is 0 Å². The minimum atomic E-state index is -0.513. The Morgan fingerprint density at radius 3 is 2.74 bits per heavy atom. The number of hydrogen-bond acceptors (Lipinski definition) is 6. The van der Waals surface area contributed by atoms with Crippen LogP contribution in [0.3, 0.4) is 0 Å². The summed E-state index contributed by atoms with van der Waals surface area (Å²) in [6.07, 6.45) is 1.95. The standard InChI is InChI=1S/C13H15N5O4S/c1-16-10-9(11(20)17(2)13(16)22)18(6-14-10)5-8(19)15-7-3-4-23-12(7)21/h6-7H,3-5H2,1-2H3,(H,15,19). The second kappa shape index (κ2) is 5.69. The largest absolute Gasteiger partial charge is 0.344 e. The maximum Gasteiger partial charge on any atom is 0.332 e. The number of fused-ring (bicyclic) bond motifs is 1. The first kappa shape index (κ1) is 15.5. The van der Waals surface area contributed by atoms with Gasteiger partial charge in [-0.25, -0.2) is 9.78 Å². The van der Waals surface area contributed by atoms with Crippen molar-refractivity contribution in [2.75, 3.05) is 5.75 Å². The number of imidazole rings is 1. The average molecular weight is 337 g/mol. The number of hydrogen-bond donors (Lipinski definition) is 1. The van der Waals surface area contributed by atoms with Gasteiger partial charge in [-0.3, -0.25) is 23.5 Å². The quantitative estimate of drug-likeness (QED) is 0.737. The first-order valence-corrected chi connectivity index (χ1v) is 7.95. The van der Waals surface area contributed by atoms with Crippen LogP contribution in [0.2, 0.25) is 0 Å². The SMILES string of the molecule is Cn1c(=O)c2c(ncn2CC(=O)NC2CCSC2=O)n(C)c1=O. The van der Waals surface area contributed by atoms with Crippen LogP contribution in [0, 0.1) is 0 Å². The summed E-state index contributed by atoms with van der Waals surface area (Å²) in [6, 6.07) is -0.477. The molecule has 1 N–H and O–H groups in total. The van der Waals surface area contributed by atoms with Gasteiger partial charge in [-0.15, -0.1) is 0 Å². The van der Waals surface area contributed by atoms with E-state index in [2.05, 4.69) is 10.3 Å². The third-order valence-electron chi connectivity index (χ3n) is 3.80. The third kappa shape index (κ3) is 2.58. The van der Waals surface area contributed by atoms with Crippen LogP contribution in [-0.2, 0) is 30.2 Å². The molecular formula is C13H15N5O4S. The summed E-state index contributed by atoms with van der Waals surface area (Å²) in [6.45, 7) is -0.140. The van der Waals surface area contributed by atoms with Gasteiger partial charge >= 0.3 is 5.69 Å². The lowest BCUT2D eigenvalue weighted by atomic mass is 10.2. The molecule has 2 aromatic rings. The summed E-state index contributed by atoms with van der Waals surface area (Å²) >= 11 is 1.20. The Morgan fingerprint density at radius 1 is 1.35 bits per heavy atom. The zero-order valence-electron chi connectivity index (χ0n) is 12.6. The predicted octanol–water partition coefficient (Wildman–Crippen LogP) is -1.42. The number of carbonyl (C=O) groups is 2. The van der Waals surface area contributed by atoms with E-state index in [4.69, 9.17) is 0 Å². The van der Waals surface area contributed by atoms with Gasteiger partial charge in [0, 0.05) is 19.8 Å². The lowest BCUT2D eigenvalue weighted by molar-refractivity contribution is -0.124. The van der Waals surface area contributed by atoms with Crippen LogP contribution in [0.25, 0.3) is 11.2 Å². The van der Waals surface area contributed by atoms with Crippen molar-refractivity contribution in [3.8, 4) is 0 Å². The minimum Gasteiger partial charge on any atom is -0.344 e. The van der Waals surface area contributed by atoms with Crippen molar-refractivity contribution in [1.82, 2.24) is 24.0 Å². The maximum absolute atomic E-state index is 12.3. The van der Waals surface area contributed by atoms with Crippen molar-refractivity contribution in [3.05, 3.63) is 27.2 Å². The van der Waals surface area contributed by atoms with E-state index in [1.54, 1.807) is 0 Å². The minimum absolute atomic E-state index is 0.0489. The van der Waals surface area contributed by atoms with Crippen LogP contribution < -0.4 is 16.6 Å². The molecule has 23 heavy (non-hydrogen) atoms. The summed E-state index contributed by atoms with van der Waals surface area (Å²) in [5, 5.41) is 2.61. The smallest absolute Gasteiger partial charge is 0.332 e. The molecule has 1 amide bonds. The van der Waals surface area contributed by atoms with E-state index >= 15 is 0 Å². The number of aryl methyl sites for hydroxylation is 1. The molecule has 0 spiro atoms. The summed E-state index contributed by atoms with van der Waals surface area (Å²) in [7, 11) is 2.88. The molecule has 10 heteroatoms. The molecule has 0 radical (unpaired) electrons. The molecule has 2 aromatic heterocycles. The highest BCUT2D eigenvalue weighted by Gasteiger charge is 2.27. The molecule has 1 unspecified atom stereocenters. The van der Waals surface area contributed by atoms with Crippen molar-refractivity contribution in [1.29, 1.82) is 0 Å².